The van der Waals surface area contributed by atoms with Crippen molar-refractivity contribution in [3.05, 3.63) is 0 Å². The third-order valence-electron chi connectivity index (χ3n) is 7.81. The van der Waals surface area contributed by atoms with Crippen LogP contribution in [0.1, 0.15) is 72.1 Å². The molecule has 0 aromatic carbocycles. The van der Waals surface area contributed by atoms with Crippen LogP contribution in [0, 0.1) is 41.4 Å². The molecular weight excluding hydrogens is 312 g/mol. The summed E-state index contributed by atoms with van der Waals surface area (Å²) in [5, 5.41) is 0. The maximum atomic E-state index is 11.7. The van der Waals surface area contributed by atoms with Crippen LogP contribution in [-0.2, 0) is 14.3 Å². The molecule has 8 atom stereocenters. The van der Waals surface area contributed by atoms with Gasteiger partial charge in [0.2, 0.25) is 0 Å². The molecule has 0 aliphatic heterocycles. The number of carbonyl (C=O) groups is 1. The van der Waals surface area contributed by atoms with Crippen LogP contribution in [0.2, 0.25) is 0 Å². The van der Waals surface area contributed by atoms with Crippen molar-refractivity contribution in [2.75, 3.05) is 13.7 Å². The molecule has 3 rings (SSSR count). The van der Waals surface area contributed by atoms with Gasteiger partial charge in [-0.05, 0) is 80.0 Å². The van der Waals surface area contributed by atoms with E-state index < -0.39 is 0 Å². The van der Waals surface area contributed by atoms with Gasteiger partial charge in [0.1, 0.15) is 6.10 Å². The molecule has 0 aromatic heterocycles. The van der Waals surface area contributed by atoms with Crippen LogP contribution in [0.15, 0.2) is 0 Å². The standard InChI is InChI=1S/C22H38O3/c1-5-15-11-16(6-2)22-19-13-17(21(15)22)12-18(19)20(25-14(3)23)9-7-8-10-24-4/h15-22H,5-13H2,1-4H3. The first-order valence-corrected chi connectivity index (χ1v) is 10.8. The molecule has 144 valence electrons. The monoisotopic (exact) mass is 350 g/mol. The van der Waals surface area contributed by atoms with Gasteiger partial charge in [0.05, 0.1) is 0 Å². The van der Waals surface area contributed by atoms with Crippen LogP contribution in [0.5, 0.6) is 0 Å². The van der Waals surface area contributed by atoms with E-state index >= 15 is 0 Å². The second kappa shape index (κ2) is 8.41. The molecule has 3 saturated carbocycles. The summed E-state index contributed by atoms with van der Waals surface area (Å²) in [6.07, 6.45) is 10.2. The first kappa shape index (κ1) is 19.2. The Labute approximate surface area is 154 Å². The highest BCUT2D eigenvalue weighted by atomic mass is 16.5. The topological polar surface area (TPSA) is 35.5 Å². The first-order chi connectivity index (χ1) is 12.1. The average molecular weight is 351 g/mol. The van der Waals surface area contributed by atoms with Gasteiger partial charge < -0.3 is 9.47 Å². The molecule has 0 spiro atoms. The Bertz CT molecular complexity index is 449. The summed E-state index contributed by atoms with van der Waals surface area (Å²) in [6, 6.07) is 0. The second-order valence-corrected chi connectivity index (χ2v) is 8.92. The van der Waals surface area contributed by atoms with E-state index in [0.29, 0.717) is 5.92 Å². The second-order valence-electron chi connectivity index (χ2n) is 8.92. The molecular formula is C22H38O3. The molecule has 25 heavy (non-hydrogen) atoms. The minimum absolute atomic E-state index is 0.0963. The molecule has 0 radical (unpaired) electrons. The van der Waals surface area contributed by atoms with Gasteiger partial charge in [-0.2, -0.15) is 0 Å². The molecule has 0 amide bonds. The molecule has 0 aromatic rings. The van der Waals surface area contributed by atoms with Crippen molar-refractivity contribution in [3.8, 4) is 0 Å². The number of hydrogen-bond donors (Lipinski definition) is 0. The average Bonchev–Trinajstić information content (AvgIpc) is 3.27. The number of hydrogen-bond acceptors (Lipinski definition) is 3. The lowest BCUT2D eigenvalue weighted by Crippen LogP contribution is -2.37. The van der Waals surface area contributed by atoms with Gasteiger partial charge >= 0.3 is 5.97 Å². The van der Waals surface area contributed by atoms with Crippen molar-refractivity contribution in [1.29, 1.82) is 0 Å². The molecule has 3 aliphatic rings. The predicted molar refractivity (Wildman–Crippen MR) is 100 cm³/mol. The van der Waals surface area contributed by atoms with Crippen LogP contribution in [0.3, 0.4) is 0 Å². The summed E-state index contributed by atoms with van der Waals surface area (Å²) in [4.78, 5) is 11.7. The highest BCUT2D eigenvalue weighted by molar-refractivity contribution is 5.66. The molecule has 0 N–H and O–H groups in total. The van der Waals surface area contributed by atoms with Crippen molar-refractivity contribution in [1.82, 2.24) is 0 Å². The van der Waals surface area contributed by atoms with Gasteiger partial charge in [-0.3, -0.25) is 4.79 Å². The van der Waals surface area contributed by atoms with Crippen LogP contribution in [0.4, 0.5) is 0 Å². The lowest BCUT2D eigenvalue weighted by atomic mass is 9.68. The Morgan fingerprint density at radius 3 is 2.40 bits per heavy atom. The Hall–Kier alpha value is -0.570. The lowest BCUT2D eigenvalue weighted by Gasteiger charge is -2.39. The molecule has 3 aliphatic carbocycles. The number of carbonyl (C=O) groups excluding carboxylic acids is 1. The number of fused-ring (bicyclic) bond motifs is 5. The van der Waals surface area contributed by atoms with Gasteiger partial charge in [-0.15, -0.1) is 0 Å². The fraction of sp³-hybridized carbons (Fsp3) is 0.955. The number of rotatable bonds is 9. The normalized spacial score (nSPS) is 40.2. The first-order valence-electron chi connectivity index (χ1n) is 10.8. The minimum Gasteiger partial charge on any atom is -0.462 e. The summed E-state index contributed by atoms with van der Waals surface area (Å²) in [5.41, 5.74) is 0. The molecule has 0 heterocycles. The van der Waals surface area contributed by atoms with Crippen molar-refractivity contribution in [2.24, 2.45) is 41.4 Å². The van der Waals surface area contributed by atoms with Gasteiger partial charge in [0.25, 0.3) is 0 Å². The largest absolute Gasteiger partial charge is 0.462 e. The van der Waals surface area contributed by atoms with E-state index in [4.69, 9.17) is 9.47 Å². The van der Waals surface area contributed by atoms with Crippen LogP contribution in [0.25, 0.3) is 0 Å². The van der Waals surface area contributed by atoms with Gasteiger partial charge in [-0.1, -0.05) is 26.7 Å². The van der Waals surface area contributed by atoms with Crippen molar-refractivity contribution in [2.45, 2.75) is 78.2 Å². The Kier molecular flexibility index (Phi) is 6.46. The molecule has 2 bridgehead atoms. The summed E-state index contributed by atoms with van der Waals surface area (Å²) < 4.78 is 11.0. The van der Waals surface area contributed by atoms with Crippen molar-refractivity contribution >= 4 is 5.97 Å². The molecule has 3 fully saturated rings. The molecule has 8 unspecified atom stereocenters. The van der Waals surface area contributed by atoms with E-state index in [9.17, 15) is 4.79 Å². The van der Waals surface area contributed by atoms with Crippen LogP contribution < -0.4 is 0 Å². The molecule has 0 saturated heterocycles. The SMILES string of the molecule is CCC1CC(CC)C2C3CC(CC3C(CCCCOC)OC(C)=O)C12. The summed E-state index contributed by atoms with van der Waals surface area (Å²) in [7, 11) is 1.76. The lowest BCUT2D eigenvalue weighted by molar-refractivity contribution is -0.151. The summed E-state index contributed by atoms with van der Waals surface area (Å²) in [6.45, 7) is 7.16. The van der Waals surface area contributed by atoms with Crippen molar-refractivity contribution < 1.29 is 14.3 Å². The quantitative estimate of drug-likeness (QED) is 0.430. The van der Waals surface area contributed by atoms with E-state index in [1.165, 1.54) is 32.1 Å². The zero-order valence-electron chi connectivity index (χ0n) is 16.7. The maximum Gasteiger partial charge on any atom is 0.302 e. The van der Waals surface area contributed by atoms with E-state index in [1.807, 2.05) is 0 Å². The Morgan fingerprint density at radius 1 is 1.04 bits per heavy atom. The van der Waals surface area contributed by atoms with E-state index in [2.05, 4.69) is 13.8 Å². The fourth-order valence-electron chi connectivity index (χ4n) is 7.04. The Balaban J connectivity index is 1.68. The number of unbranched alkanes of at least 4 members (excludes halogenated alkanes) is 1. The van der Waals surface area contributed by atoms with Gasteiger partial charge in [0.15, 0.2) is 0 Å². The number of methoxy groups -OCH3 is 1. The Morgan fingerprint density at radius 2 is 1.76 bits per heavy atom. The zero-order valence-corrected chi connectivity index (χ0v) is 16.7. The zero-order chi connectivity index (χ0) is 18.0. The summed E-state index contributed by atoms with van der Waals surface area (Å²) in [5.74, 6) is 5.99. The molecule has 3 nitrogen and oxygen atoms in total. The smallest absolute Gasteiger partial charge is 0.302 e. The highest BCUT2D eigenvalue weighted by Gasteiger charge is 2.60. The fourth-order valence-corrected chi connectivity index (χ4v) is 7.04. The third-order valence-corrected chi connectivity index (χ3v) is 7.81. The molecule has 3 heteroatoms. The number of esters is 1. The maximum absolute atomic E-state index is 11.7. The van der Waals surface area contributed by atoms with E-state index in [0.717, 1.165) is 61.4 Å². The van der Waals surface area contributed by atoms with Crippen LogP contribution in [-0.4, -0.2) is 25.8 Å². The minimum atomic E-state index is -0.0963. The van der Waals surface area contributed by atoms with Gasteiger partial charge in [-0.25, -0.2) is 0 Å². The van der Waals surface area contributed by atoms with E-state index in [1.54, 1.807) is 14.0 Å². The number of ether oxygens (including phenoxy) is 2. The van der Waals surface area contributed by atoms with Crippen LogP contribution >= 0.6 is 0 Å². The third kappa shape index (κ3) is 3.77. The van der Waals surface area contributed by atoms with Crippen molar-refractivity contribution in [3.63, 3.8) is 0 Å². The summed E-state index contributed by atoms with van der Waals surface area (Å²) >= 11 is 0. The van der Waals surface area contributed by atoms with E-state index in [-0.39, 0.29) is 12.1 Å². The van der Waals surface area contributed by atoms with Gasteiger partial charge in [0, 0.05) is 20.6 Å². The highest BCUT2D eigenvalue weighted by Crippen LogP contribution is 2.66. The predicted octanol–water partition coefficient (Wildman–Crippen LogP) is 5.08.